The van der Waals surface area contributed by atoms with E-state index in [9.17, 15) is 0 Å². The third-order valence-corrected chi connectivity index (χ3v) is 3.17. The monoisotopic (exact) mass is 260 g/mol. The Kier molecular flexibility index (Phi) is 6.14. The van der Waals surface area contributed by atoms with Crippen LogP contribution in [-0.4, -0.2) is 20.6 Å². The molecule has 0 amide bonds. The first-order valence-corrected chi connectivity index (χ1v) is 6.21. The summed E-state index contributed by atoms with van der Waals surface area (Å²) in [6.45, 7) is 1.02. The van der Waals surface area contributed by atoms with E-state index in [2.05, 4.69) is 10.6 Å². The molecule has 1 unspecified atom stereocenters. The van der Waals surface area contributed by atoms with Crippen LogP contribution in [0.15, 0.2) is 18.2 Å². The average Bonchev–Trinajstić information content (AvgIpc) is 2.26. The fourth-order valence-corrected chi connectivity index (χ4v) is 2.26. The lowest BCUT2D eigenvalue weighted by Gasteiger charge is -2.18. The molecule has 0 saturated heterocycles. The second-order valence-electron chi connectivity index (χ2n) is 3.75. The van der Waals surface area contributed by atoms with Gasteiger partial charge < -0.3 is 10.6 Å². The normalized spacial score (nSPS) is 12.8. The molecule has 0 saturated carbocycles. The zero-order chi connectivity index (χ0) is 12.0. The predicted molar refractivity (Wildman–Crippen MR) is 71.4 cm³/mol. The molecule has 2 nitrogen and oxygen atoms in total. The minimum absolute atomic E-state index is 0.290. The summed E-state index contributed by atoms with van der Waals surface area (Å²) in [7, 11) is 3.92. The van der Waals surface area contributed by atoms with Crippen LogP contribution in [0.1, 0.15) is 24.4 Å². The topological polar surface area (TPSA) is 24.1 Å². The van der Waals surface area contributed by atoms with Crippen molar-refractivity contribution in [2.24, 2.45) is 0 Å². The van der Waals surface area contributed by atoms with Crippen LogP contribution in [0.25, 0.3) is 0 Å². The van der Waals surface area contributed by atoms with Gasteiger partial charge in [-0.25, -0.2) is 0 Å². The molecule has 0 fully saturated rings. The summed E-state index contributed by atoms with van der Waals surface area (Å²) in [6.07, 6.45) is 2.17. The number of halogens is 2. The van der Waals surface area contributed by atoms with E-state index in [-0.39, 0.29) is 6.04 Å². The zero-order valence-electron chi connectivity index (χ0n) is 9.69. The van der Waals surface area contributed by atoms with Gasteiger partial charge in [0.15, 0.2) is 0 Å². The molecule has 16 heavy (non-hydrogen) atoms. The Morgan fingerprint density at radius 1 is 1.25 bits per heavy atom. The Bertz CT molecular complexity index is 329. The molecular weight excluding hydrogens is 243 g/mol. The maximum absolute atomic E-state index is 6.18. The Labute approximate surface area is 107 Å². The Morgan fingerprint density at radius 2 is 2.00 bits per heavy atom. The van der Waals surface area contributed by atoms with Gasteiger partial charge in [0.2, 0.25) is 0 Å². The van der Waals surface area contributed by atoms with Gasteiger partial charge in [0.1, 0.15) is 0 Å². The van der Waals surface area contributed by atoms with E-state index in [4.69, 9.17) is 23.2 Å². The third kappa shape index (κ3) is 3.95. The van der Waals surface area contributed by atoms with Crippen molar-refractivity contribution >= 4 is 23.2 Å². The number of benzene rings is 1. The van der Waals surface area contributed by atoms with Gasteiger partial charge in [-0.15, -0.1) is 0 Å². The van der Waals surface area contributed by atoms with E-state index in [1.165, 1.54) is 0 Å². The molecule has 1 aromatic carbocycles. The lowest BCUT2D eigenvalue weighted by Crippen LogP contribution is -2.18. The van der Waals surface area contributed by atoms with Gasteiger partial charge in [-0.05, 0) is 51.2 Å². The fourth-order valence-electron chi connectivity index (χ4n) is 1.72. The van der Waals surface area contributed by atoms with Gasteiger partial charge in [0.25, 0.3) is 0 Å². The summed E-state index contributed by atoms with van der Waals surface area (Å²) in [5.74, 6) is 0. The van der Waals surface area contributed by atoms with Gasteiger partial charge in [-0.1, -0.05) is 29.3 Å². The van der Waals surface area contributed by atoms with E-state index in [0.717, 1.165) is 30.0 Å². The fraction of sp³-hybridized carbons (Fsp3) is 0.500. The highest BCUT2D eigenvalue weighted by Crippen LogP contribution is 2.28. The molecule has 0 spiro atoms. The number of rotatable bonds is 6. The summed E-state index contributed by atoms with van der Waals surface area (Å²) in [5.41, 5.74) is 1.12. The Balaban J connectivity index is 2.70. The molecule has 2 N–H and O–H groups in total. The molecule has 0 bridgehead atoms. The minimum Gasteiger partial charge on any atom is -0.320 e. The van der Waals surface area contributed by atoms with Crippen molar-refractivity contribution in [3.8, 4) is 0 Å². The summed E-state index contributed by atoms with van der Waals surface area (Å²) in [5, 5.41) is 7.83. The average molecular weight is 261 g/mol. The van der Waals surface area contributed by atoms with Crippen molar-refractivity contribution in [3.05, 3.63) is 33.8 Å². The number of hydrogen-bond acceptors (Lipinski definition) is 2. The first-order chi connectivity index (χ1) is 7.69. The van der Waals surface area contributed by atoms with Crippen LogP contribution in [0, 0.1) is 0 Å². The first-order valence-electron chi connectivity index (χ1n) is 5.46. The third-order valence-electron chi connectivity index (χ3n) is 2.61. The van der Waals surface area contributed by atoms with Crippen LogP contribution in [0.3, 0.4) is 0 Å². The summed E-state index contributed by atoms with van der Waals surface area (Å²) in [4.78, 5) is 0. The van der Waals surface area contributed by atoms with Crippen molar-refractivity contribution in [2.45, 2.75) is 18.9 Å². The van der Waals surface area contributed by atoms with Crippen molar-refractivity contribution in [2.75, 3.05) is 20.6 Å². The molecule has 1 aromatic rings. The molecule has 1 rings (SSSR count). The van der Waals surface area contributed by atoms with E-state index in [1.807, 2.05) is 26.2 Å². The first kappa shape index (κ1) is 13.8. The molecule has 0 aliphatic heterocycles. The second kappa shape index (κ2) is 7.13. The highest BCUT2D eigenvalue weighted by Gasteiger charge is 2.12. The maximum atomic E-state index is 6.18. The molecule has 1 atom stereocenters. The van der Waals surface area contributed by atoms with E-state index in [0.29, 0.717) is 5.02 Å². The molecule has 0 aliphatic carbocycles. The van der Waals surface area contributed by atoms with Crippen LogP contribution >= 0.6 is 23.2 Å². The van der Waals surface area contributed by atoms with Gasteiger partial charge in [0, 0.05) is 16.1 Å². The summed E-state index contributed by atoms with van der Waals surface area (Å²) in [6, 6.07) is 5.95. The molecule has 4 heteroatoms. The van der Waals surface area contributed by atoms with Gasteiger partial charge in [-0.2, -0.15) is 0 Å². The number of hydrogen-bond donors (Lipinski definition) is 2. The minimum atomic E-state index is 0.290. The quantitative estimate of drug-likeness (QED) is 0.768. The predicted octanol–water partition coefficient (Wildman–Crippen LogP) is 3.25. The molecular formula is C12H18Cl2N2. The van der Waals surface area contributed by atoms with Crippen LogP contribution in [0.2, 0.25) is 10.0 Å². The van der Waals surface area contributed by atoms with Gasteiger partial charge >= 0.3 is 0 Å². The van der Waals surface area contributed by atoms with E-state index in [1.54, 1.807) is 6.07 Å². The van der Waals surface area contributed by atoms with Gasteiger partial charge in [0.05, 0.1) is 0 Å². The molecule has 0 aliphatic rings. The van der Waals surface area contributed by atoms with Crippen molar-refractivity contribution in [3.63, 3.8) is 0 Å². The molecule has 0 heterocycles. The molecule has 0 radical (unpaired) electrons. The smallest absolute Gasteiger partial charge is 0.0468 e. The SMILES string of the molecule is CNCCCC(NC)c1ccc(Cl)cc1Cl. The lowest BCUT2D eigenvalue weighted by atomic mass is 10.0. The highest BCUT2D eigenvalue weighted by atomic mass is 35.5. The van der Waals surface area contributed by atoms with Crippen LogP contribution in [0.5, 0.6) is 0 Å². The van der Waals surface area contributed by atoms with Crippen molar-refractivity contribution < 1.29 is 0 Å². The summed E-state index contributed by atoms with van der Waals surface area (Å²) < 4.78 is 0. The van der Waals surface area contributed by atoms with Crippen molar-refractivity contribution in [1.29, 1.82) is 0 Å². The highest BCUT2D eigenvalue weighted by molar-refractivity contribution is 6.35. The maximum Gasteiger partial charge on any atom is 0.0468 e. The number of nitrogens with one attached hydrogen (secondary N) is 2. The van der Waals surface area contributed by atoms with Crippen molar-refractivity contribution in [1.82, 2.24) is 10.6 Å². The Morgan fingerprint density at radius 3 is 2.56 bits per heavy atom. The van der Waals surface area contributed by atoms with Crippen LogP contribution in [-0.2, 0) is 0 Å². The largest absolute Gasteiger partial charge is 0.320 e. The molecule has 90 valence electrons. The Hall–Kier alpha value is -0.280. The molecule has 0 aromatic heterocycles. The second-order valence-corrected chi connectivity index (χ2v) is 4.60. The standard InChI is InChI=1S/C12H18Cl2N2/c1-15-7-3-4-12(16-2)10-6-5-9(13)8-11(10)14/h5-6,8,12,15-16H,3-4,7H2,1-2H3. The van der Waals surface area contributed by atoms with E-state index >= 15 is 0 Å². The van der Waals surface area contributed by atoms with Crippen LogP contribution < -0.4 is 10.6 Å². The zero-order valence-corrected chi connectivity index (χ0v) is 11.2. The van der Waals surface area contributed by atoms with Crippen LogP contribution in [0.4, 0.5) is 0 Å². The summed E-state index contributed by atoms with van der Waals surface area (Å²) >= 11 is 12.1. The lowest BCUT2D eigenvalue weighted by molar-refractivity contribution is 0.518. The van der Waals surface area contributed by atoms with Gasteiger partial charge in [-0.3, -0.25) is 0 Å². The van der Waals surface area contributed by atoms with E-state index < -0.39 is 0 Å².